The molecular formula is C4H6F3NO3. The van der Waals surface area contributed by atoms with Crippen LogP contribution in [0.2, 0.25) is 0 Å². The van der Waals surface area contributed by atoms with Crippen molar-refractivity contribution < 1.29 is 27.8 Å². The zero-order valence-corrected chi connectivity index (χ0v) is 5.31. The van der Waals surface area contributed by atoms with Gasteiger partial charge in [0.1, 0.15) is 6.73 Å². The third kappa shape index (κ3) is 6.91. The molecule has 0 saturated heterocycles. The lowest BCUT2D eigenvalue weighted by Gasteiger charge is -2.06. The number of rotatable bonds is 2. The van der Waals surface area contributed by atoms with Crippen molar-refractivity contribution >= 4 is 6.09 Å². The van der Waals surface area contributed by atoms with Gasteiger partial charge in [0.05, 0.1) is 0 Å². The molecule has 0 aliphatic rings. The largest absolute Gasteiger partial charge is 0.440 e. The van der Waals surface area contributed by atoms with Crippen molar-refractivity contribution in [2.75, 3.05) is 13.3 Å². The third-order valence-corrected chi connectivity index (χ3v) is 0.590. The molecule has 0 spiro atoms. The van der Waals surface area contributed by atoms with Crippen molar-refractivity contribution in [2.45, 2.75) is 6.18 Å². The molecule has 0 heterocycles. The summed E-state index contributed by atoms with van der Waals surface area (Å²) >= 11 is 0. The zero-order chi connectivity index (χ0) is 8.91. The molecule has 0 unspecified atom stereocenters. The first kappa shape index (κ1) is 10.0. The molecule has 0 saturated carbocycles. The molecule has 0 rings (SSSR count). The van der Waals surface area contributed by atoms with Crippen LogP contribution in [0.5, 0.6) is 0 Å². The fourth-order valence-electron chi connectivity index (χ4n) is 0.263. The minimum absolute atomic E-state index is 0.753. The van der Waals surface area contributed by atoms with Crippen LogP contribution in [0.15, 0.2) is 0 Å². The minimum Gasteiger partial charge on any atom is -0.440 e. The van der Waals surface area contributed by atoms with Crippen LogP contribution in [0, 0.1) is 0 Å². The Balaban J connectivity index is 3.46. The second-order valence-corrected chi connectivity index (χ2v) is 1.53. The summed E-state index contributed by atoms with van der Waals surface area (Å²) in [5.41, 5.74) is 0. The van der Waals surface area contributed by atoms with Gasteiger partial charge in [-0.3, -0.25) is 5.32 Å². The monoisotopic (exact) mass is 173 g/mol. The Morgan fingerprint density at radius 2 is 2.09 bits per heavy atom. The van der Waals surface area contributed by atoms with Gasteiger partial charge in [0.25, 0.3) is 0 Å². The molecular weight excluding hydrogens is 167 g/mol. The van der Waals surface area contributed by atoms with E-state index in [0.29, 0.717) is 0 Å². The Morgan fingerprint density at radius 3 is 2.45 bits per heavy atom. The molecule has 11 heavy (non-hydrogen) atoms. The van der Waals surface area contributed by atoms with Crippen molar-refractivity contribution in [3.8, 4) is 0 Å². The molecule has 0 aliphatic heterocycles. The lowest BCUT2D eigenvalue weighted by atomic mass is 10.7. The Labute approximate surface area is 59.9 Å². The molecule has 7 heteroatoms. The van der Waals surface area contributed by atoms with E-state index in [1.54, 1.807) is 5.32 Å². The second kappa shape index (κ2) is 4.02. The van der Waals surface area contributed by atoms with Crippen LogP contribution in [-0.2, 0) is 4.74 Å². The van der Waals surface area contributed by atoms with Gasteiger partial charge in [-0.25, -0.2) is 4.79 Å². The highest BCUT2D eigenvalue weighted by Gasteiger charge is 2.29. The van der Waals surface area contributed by atoms with Crippen LogP contribution in [0.25, 0.3) is 0 Å². The van der Waals surface area contributed by atoms with E-state index in [1.165, 1.54) is 0 Å². The molecule has 0 fully saturated rings. The Kier molecular flexibility index (Phi) is 3.66. The van der Waals surface area contributed by atoms with Gasteiger partial charge < -0.3 is 9.84 Å². The number of halogens is 3. The van der Waals surface area contributed by atoms with E-state index in [0.717, 1.165) is 0 Å². The van der Waals surface area contributed by atoms with Crippen LogP contribution >= 0.6 is 0 Å². The molecule has 4 nitrogen and oxygen atoms in total. The summed E-state index contributed by atoms with van der Waals surface area (Å²) in [5, 5.41) is 9.59. The summed E-state index contributed by atoms with van der Waals surface area (Å²) in [6.07, 6.45) is -5.84. The molecule has 2 N–H and O–H groups in total. The summed E-state index contributed by atoms with van der Waals surface area (Å²) in [4.78, 5) is 10.1. The maximum absolute atomic E-state index is 11.3. The number of hydrogen-bond donors (Lipinski definition) is 2. The average molecular weight is 173 g/mol. The van der Waals surface area contributed by atoms with Gasteiger partial charge in [0.2, 0.25) is 0 Å². The van der Waals surface area contributed by atoms with E-state index >= 15 is 0 Å². The van der Waals surface area contributed by atoms with Crippen LogP contribution in [0.1, 0.15) is 0 Å². The van der Waals surface area contributed by atoms with Gasteiger partial charge in [-0.1, -0.05) is 0 Å². The van der Waals surface area contributed by atoms with E-state index in [4.69, 9.17) is 5.11 Å². The molecule has 0 aromatic rings. The molecule has 66 valence electrons. The van der Waals surface area contributed by atoms with Crippen molar-refractivity contribution in [1.29, 1.82) is 0 Å². The van der Waals surface area contributed by atoms with E-state index in [1.807, 2.05) is 0 Å². The van der Waals surface area contributed by atoms with E-state index in [2.05, 4.69) is 4.74 Å². The smallest absolute Gasteiger partial charge is 0.422 e. The summed E-state index contributed by atoms with van der Waals surface area (Å²) < 4.78 is 37.5. The second-order valence-electron chi connectivity index (χ2n) is 1.53. The van der Waals surface area contributed by atoms with Crippen molar-refractivity contribution in [3.05, 3.63) is 0 Å². The molecule has 0 aromatic heterocycles. The first-order chi connectivity index (χ1) is 4.95. The number of carbonyl (C=O) groups is 1. The third-order valence-electron chi connectivity index (χ3n) is 0.590. The van der Waals surface area contributed by atoms with Crippen molar-refractivity contribution in [3.63, 3.8) is 0 Å². The number of alkyl carbamates (subject to hydrolysis) is 1. The fraction of sp³-hybridized carbons (Fsp3) is 0.750. The molecule has 0 radical (unpaired) electrons. The van der Waals surface area contributed by atoms with Crippen molar-refractivity contribution in [1.82, 2.24) is 5.32 Å². The minimum atomic E-state index is -4.53. The normalized spacial score (nSPS) is 10.9. The number of aliphatic hydroxyl groups excluding tert-OH is 1. The van der Waals surface area contributed by atoms with E-state index < -0.39 is 25.6 Å². The van der Waals surface area contributed by atoms with Crippen LogP contribution < -0.4 is 5.32 Å². The molecule has 0 atom stereocenters. The van der Waals surface area contributed by atoms with E-state index in [9.17, 15) is 18.0 Å². The molecule has 1 amide bonds. The highest BCUT2D eigenvalue weighted by molar-refractivity contribution is 5.66. The maximum Gasteiger partial charge on any atom is 0.422 e. The molecule has 0 bridgehead atoms. The highest BCUT2D eigenvalue weighted by Crippen LogP contribution is 2.14. The van der Waals surface area contributed by atoms with Crippen LogP contribution in [0.3, 0.4) is 0 Å². The summed E-state index contributed by atoms with van der Waals surface area (Å²) in [6.45, 7) is -2.41. The Bertz CT molecular complexity index is 135. The predicted molar refractivity (Wildman–Crippen MR) is 27.6 cm³/mol. The number of ether oxygens (including phenoxy) is 1. The molecule has 0 aromatic carbocycles. The predicted octanol–water partition coefficient (Wildman–Crippen LogP) is 0.225. The van der Waals surface area contributed by atoms with Crippen LogP contribution in [-0.4, -0.2) is 30.7 Å². The number of aliphatic hydroxyl groups is 1. The first-order valence-electron chi connectivity index (χ1n) is 2.54. The zero-order valence-electron chi connectivity index (χ0n) is 5.31. The van der Waals surface area contributed by atoms with Gasteiger partial charge in [-0.2, -0.15) is 13.2 Å². The quantitative estimate of drug-likeness (QED) is 0.587. The SMILES string of the molecule is O=C(NCO)OCC(F)(F)F. The van der Waals surface area contributed by atoms with E-state index in [-0.39, 0.29) is 0 Å². The summed E-state index contributed by atoms with van der Waals surface area (Å²) in [7, 11) is 0. The number of nitrogens with one attached hydrogen (secondary N) is 1. The van der Waals surface area contributed by atoms with Gasteiger partial charge in [-0.05, 0) is 0 Å². The van der Waals surface area contributed by atoms with Gasteiger partial charge in [0.15, 0.2) is 6.61 Å². The standard InChI is InChI=1S/C4H6F3NO3/c5-4(6,7)1-11-3(10)8-2-9/h9H,1-2H2,(H,8,10). The Hall–Kier alpha value is -0.980. The number of hydrogen-bond acceptors (Lipinski definition) is 3. The molecule has 0 aliphatic carbocycles. The summed E-state index contributed by atoms with van der Waals surface area (Å²) in [5.74, 6) is 0. The number of amides is 1. The van der Waals surface area contributed by atoms with Gasteiger partial charge >= 0.3 is 12.3 Å². The number of carbonyl (C=O) groups excluding carboxylic acids is 1. The average Bonchev–Trinajstić information content (AvgIpc) is 1.83. The highest BCUT2D eigenvalue weighted by atomic mass is 19.4. The number of alkyl halides is 3. The topological polar surface area (TPSA) is 58.6 Å². The lowest BCUT2D eigenvalue weighted by Crippen LogP contribution is -2.29. The maximum atomic E-state index is 11.3. The lowest BCUT2D eigenvalue weighted by molar-refractivity contribution is -0.160. The van der Waals surface area contributed by atoms with Gasteiger partial charge in [-0.15, -0.1) is 0 Å². The van der Waals surface area contributed by atoms with Crippen molar-refractivity contribution in [2.24, 2.45) is 0 Å². The summed E-state index contributed by atoms with van der Waals surface area (Å²) in [6, 6.07) is 0. The fourth-order valence-corrected chi connectivity index (χ4v) is 0.263. The first-order valence-corrected chi connectivity index (χ1v) is 2.54. The van der Waals surface area contributed by atoms with Gasteiger partial charge in [0, 0.05) is 0 Å². The van der Waals surface area contributed by atoms with Crippen LogP contribution in [0.4, 0.5) is 18.0 Å². The Morgan fingerprint density at radius 1 is 1.55 bits per heavy atom.